The van der Waals surface area contributed by atoms with E-state index in [1.54, 1.807) is 36.4 Å². The molecule has 0 saturated heterocycles. The fraction of sp³-hybridized carbons (Fsp3) is 0. The van der Waals surface area contributed by atoms with Crippen molar-refractivity contribution in [2.24, 2.45) is 0 Å². The van der Waals surface area contributed by atoms with Crippen LogP contribution in [0.3, 0.4) is 0 Å². The molecule has 0 heterocycles. The highest BCUT2D eigenvalue weighted by atomic mass is 33.1. The van der Waals surface area contributed by atoms with Gasteiger partial charge in [-0.1, -0.05) is 48.7 Å². The lowest BCUT2D eigenvalue weighted by atomic mass is 10.2. The molecule has 0 unspecified atom stereocenters. The molecule has 0 amide bonds. The van der Waals surface area contributed by atoms with Gasteiger partial charge in [0.25, 0.3) is 0 Å². The maximum atomic E-state index is 9.72. The van der Waals surface area contributed by atoms with Gasteiger partial charge in [-0.25, -0.2) is 0 Å². The molecule has 20 heavy (non-hydrogen) atoms. The molecule has 2 N–H and O–H groups in total. The lowest BCUT2D eigenvalue weighted by Gasteiger charge is -2.07. The first-order valence-corrected chi connectivity index (χ1v) is 8.55. The number of rotatable bonds is 2. The molecular weight excluding hydrogens is 328 g/mol. The second-order valence-corrected chi connectivity index (χ2v) is 7.26. The first-order valence-electron chi connectivity index (χ1n) is 5.59. The molecular formula is C14H10O2S4. The Balaban J connectivity index is 2.03. The van der Waals surface area contributed by atoms with Gasteiger partial charge in [0.15, 0.2) is 0 Å². The topological polar surface area (TPSA) is 40.5 Å². The van der Waals surface area contributed by atoms with Gasteiger partial charge < -0.3 is 10.2 Å². The highest BCUT2D eigenvalue weighted by molar-refractivity contribution is 8.90. The molecule has 2 aromatic carbocycles. The van der Waals surface area contributed by atoms with E-state index in [1.807, 2.05) is 12.1 Å². The standard InChI is InChI=1S/C14H10O2S4/c15-11-7-3-1-5-9(11)13(17)19-20-14(18)10-6-2-4-8-12(10)16/h1-8,15-16H. The maximum absolute atomic E-state index is 9.72. The van der Waals surface area contributed by atoms with Crippen LogP contribution in [0, 0.1) is 0 Å². The minimum absolute atomic E-state index is 0.152. The average molecular weight is 339 g/mol. The maximum Gasteiger partial charge on any atom is 0.124 e. The first-order chi connectivity index (χ1) is 9.59. The van der Waals surface area contributed by atoms with Gasteiger partial charge in [0.05, 0.1) is 8.39 Å². The Bertz CT molecular complexity index is 598. The number of thiocarbonyl (C=S) groups is 2. The van der Waals surface area contributed by atoms with E-state index in [2.05, 4.69) is 0 Å². The molecule has 102 valence electrons. The molecule has 6 heteroatoms. The number of aromatic hydroxyl groups is 2. The number of para-hydroxylation sites is 2. The zero-order chi connectivity index (χ0) is 14.5. The van der Waals surface area contributed by atoms with Gasteiger partial charge in [0.2, 0.25) is 0 Å². The number of hydrogen-bond acceptors (Lipinski definition) is 6. The second-order valence-electron chi connectivity index (χ2n) is 3.78. The predicted molar refractivity (Wildman–Crippen MR) is 94.8 cm³/mol. The van der Waals surface area contributed by atoms with Crippen LogP contribution in [-0.2, 0) is 0 Å². The molecule has 0 spiro atoms. The van der Waals surface area contributed by atoms with E-state index in [9.17, 15) is 10.2 Å². The van der Waals surface area contributed by atoms with Crippen LogP contribution < -0.4 is 0 Å². The molecule has 2 nitrogen and oxygen atoms in total. The van der Waals surface area contributed by atoms with Gasteiger partial charge in [0.1, 0.15) is 11.5 Å². The molecule has 0 aliphatic carbocycles. The molecule has 0 radical (unpaired) electrons. The minimum Gasteiger partial charge on any atom is -0.507 e. The number of phenols is 2. The summed E-state index contributed by atoms with van der Waals surface area (Å²) < 4.78 is 1.09. The largest absolute Gasteiger partial charge is 0.507 e. The first kappa shape index (κ1) is 15.3. The smallest absolute Gasteiger partial charge is 0.124 e. The summed E-state index contributed by atoms with van der Waals surface area (Å²) in [4.78, 5) is 0. The quantitative estimate of drug-likeness (QED) is 0.619. The summed E-state index contributed by atoms with van der Waals surface area (Å²) in [5.41, 5.74) is 1.22. The van der Waals surface area contributed by atoms with Gasteiger partial charge in [-0.05, 0) is 45.9 Å². The Labute approximate surface area is 135 Å². The van der Waals surface area contributed by atoms with Gasteiger partial charge in [-0.3, -0.25) is 0 Å². The summed E-state index contributed by atoms with van der Waals surface area (Å²) in [6.45, 7) is 0. The van der Waals surface area contributed by atoms with E-state index < -0.39 is 0 Å². The van der Waals surface area contributed by atoms with E-state index in [0.717, 1.165) is 0 Å². The van der Waals surface area contributed by atoms with Crippen molar-refractivity contribution in [3.8, 4) is 11.5 Å². The molecule has 0 aliphatic rings. The van der Waals surface area contributed by atoms with Crippen molar-refractivity contribution in [1.82, 2.24) is 0 Å². The van der Waals surface area contributed by atoms with Crippen LogP contribution in [0.2, 0.25) is 0 Å². The zero-order valence-electron chi connectivity index (χ0n) is 10.1. The Hall–Kier alpha value is -1.08. The van der Waals surface area contributed by atoms with Crippen molar-refractivity contribution in [2.45, 2.75) is 0 Å². The zero-order valence-corrected chi connectivity index (χ0v) is 13.4. The monoisotopic (exact) mass is 338 g/mol. The molecule has 0 atom stereocenters. The average Bonchev–Trinajstić information content (AvgIpc) is 2.45. The SMILES string of the molecule is Oc1ccccc1C(=S)SSC(=S)c1ccccc1O. The van der Waals surface area contributed by atoms with Gasteiger partial charge >= 0.3 is 0 Å². The highest BCUT2D eigenvalue weighted by Crippen LogP contribution is 2.35. The molecule has 2 aromatic rings. The molecule has 0 saturated carbocycles. The fourth-order valence-corrected chi connectivity index (χ4v) is 4.08. The van der Waals surface area contributed by atoms with E-state index in [0.29, 0.717) is 19.5 Å². The van der Waals surface area contributed by atoms with Crippen LogP contribution in [0.4, 0.5) is 0 Å². The Morgan fingerprint density at radius 1 is 0.700 bits per heavy atom. The molecule has 0 aromatic heterocycles. The summed E-state index contributed by atoms with van der Waals surface area (Å²) >= 11 is 10.5. The third-order valence-electron chi connectivity index (χ3n) is 2.44. The van der Waals surface area contributed by atoms with Crippen LogP contribution >= 0.6 is 46.0 Å². The van der Waals surface area contributed by atoms with Crippen LogP contribution in [0.1, 0.15) is 11.1 Å². The van der Waals surface area contributed by atoms with E-state index >= 15 is 0 Å². The van der Waals surface area contributed by atoms with E-state index in [1.165, 1.54) is 21.6 Å². The van der Waals surface area contributed by atoms with Crippen molar-refractivity contribution >= 4 is 54.4 Å². The highest BCUT2D eigenvalue weighted by Gasteiger charge is 2.12. The van der Waals surface area contributed by atoms with Crippen molar-refractivity contribution in [1.29, 1.82) is 0 Å². The third-order valence-corrected chi connectivity index (χ3v) is 6.09. The lowest BCUT2D eigenvalue weighted by molar-refractivity contribution is 0.474. The summed E-state index contributed by atoms with van der Waals surface area (Å²) in [7, 11) is 2.58. The van der Waals surface area contributed by atoms with E-state index in [-0.39, 0.29) is 11.5 Å². The Kier molecular flexibility index (Phi) is 5.42. The number of benzene rings is 2. The van der Waals surface area contributed by atoms with Crippen molar-refractivity contribution in [2.75, 3.05) is 0 Å². The molecule has 2 rings (SSSR count). The summed E-state index contributed by atoms with van der Waals surface area (Å²) in [5.74, 6) is 0.304. The summed E-state index contributed by atoms with van der Waals surface area (Å²) in [6, 6.07) is 13.8. The predicted octanol–water partition coefficient (Wildman–Crippen LogP) is 4.53. The van der Waals surface area contributed by atoms with Crippen LogP contribution in [0.5, 0.6) is 11.5 Å². The molecule has 0 aliphatic heterocycles. The Morgan fingerprint density at radius 2 is 1.05 bits per heavy atom. The molecule has 0 bridgehead atoms. The van der Waals surface area contributed by atoms with Crippen LogP contribution in [0.25, 0.3) is 0 Å². The second kappa shape index (κ2) is 7.08. The fourth-order valence-electron chi connectivity index (χ4n) is 1.46. The van der Waals surface area contributed by atoms with Crippen LogP contribution in [0.15, 0.2) is 48.5 Å². The summed E-state index contributed by atoms with van der Waals surface area (Å²) in [5, 5.41) is 19.4. The van der Waals surface area contributed by atoms with E-state index in [4.69, 9.17) is 24.4 Å². The van der Waals surface area contributed by atoms with Crippen LogP contribution in [-0.4, -0.2) is 18.6 Å². The van der Waals surface area contributed by atoms with Gasteiger partial charge in [-0.15, -0.1) is 0 Å². The number of hydrogen-bond donors (Lipinski definition) is 2. The van der Waals surface area contributed by atoms with Crippen molar-refractivity contribution < 1.29 is 10.2 Å². The lowest BCUT2D eigenvalue weighted by Crippen LogP contribution is -1.94. The molecule has 0 fully saturated rings. The Morgan fingerprint density at radius 3 is 1.40 bits per heavy atom. The third kappa shape index (κ3) is 3.73. The van der Waals surface area contributed by atoms with Gasteiger partial charge in [-0.2, -0.15) is 0 Å². The summed E-state index contributed by atoms with van der Waals surface area (Å²) in [6.07, 6.45) is 0. The number of phenolic OH excluding ortho intramolecular Hbond substituents is 2. The van der Waals surface area contributed by atoms with Crippen molar-refractivity contribution in [3.63, 3.8) is 0 Å². The normalized spacial score (nSPS) is 10.2. The van der Waals surface area contributed by atoms with Crippen molar-refractivity contribution in [3.05, 3.63) is 59.7 Å². The van der Waals surface area contributed by atoms with Gasteiger partial charge in [0, 0.05) is 11.1 Å². The minimum atomic E-state index is 0.152.